The first kappa shape index (κ1) is 15.5. The van der Waals surface area contributed by atoms with E-state index in [0.717, 1.165) is 11.8 Å². The molecule has 21 heavy (non-hydrogen) atoms. The fraction of sp³-hybridized carbons (Fsp3) is 0.143. The van der Waals surface area contributed by atoms with Gasteiger partial charge in [-0.2, -0.15) is 0 Å². The molecule has 0 fully saturated rings. The molecule has 0 unspecified atom stereocenters. The van der Waals surface area contributed by atoms with Crippen LogP contribution in [0.1, 0.15) is 15.9 Å². The van der Waals surface area contributed by atoms with Crippen LogP contribution in [0, 0.1) is 0 Å². The smallest absolute Gasteiger partial charge is 0.255 e. The highest BCUT2D eigenvalue weighted by Crippen LogP contribution is 2.13. The van der Waals surface area contributed by atoms with Crippen molar-refractivity contribution in [3.63, 3.8) is 0 Å². The lowest BCUT2D eigenvalue weighted by molar-refractivity contribution is 0.102. The third kappa shape index (κ3) is 4.03. The van der Waals surface area contributed by atoms with Gasteiger partial charge in [0.05, 0.1) is 11.9 Å². The predicted octanol–water partition coefficient (Wildman–Crippen LogP) is 2.48. The number of benzene rings is 1. The van der Waals surface area contributed by atoms with E-state index in [2.05, 4.69) is 10.3 Å². The molecule has 0 aliphatic heterocycles. The fourth-order valence-electron chi connectivity index (χ4n) is 1.62. The van der Waals surface area contributed by atoms with Crippen LogP contribution in [0.15, 0.2) is 47.6 Å². The van der Waals surface area contributed by atoms with Gasteiger partial charge in [-0.25, -0.2) is 13.4 Å². The van der Waals surface area contributed by atoms with Gasteiger partial charge in [-0.1, -0.05) is 12.1 Å². The highest BCUT2D eigenvalue weighted by atomic mass is 35.5. The number of nitrogens with one attached hydrogen (secondary N) is 1. The minimum absolute atomic E-state index is 0.0352. The molecule has 1 heterocycles. The lowest BCUT2D eigenvalue weighted by Crippen LogP contribution is -2.12. The number of nitrogens with zero attached hydrogens (tertiary/aromatic N) is 1. The van der Waals surface area contributed by atoms with Gasteiger partial charge < -0.3 is 5.32 Å². The summed E-state index contributed by atoms with van der Waals surface area (Å²) in [6, 6.07) is 9.73. The zero-order valence-electron chi connectivity index (χ0n) is 11.2. The number of anilines is 1. The lowest BCUT2D eigenvalue weighted by atomic mass is 10.1. The average Bonchev–Trinajstić information content (AvgIpc) is 2.47. The molecule has 1 amide bonds. The van der Waals surface area contributed by atoms with Crippen LogP contribution in [-0.4, -0.2) is 25.6 Å². The summed E-state index contributed by atoms with van der Waals surface area (Å²) in [5.41, 5.74) is 1.83. The van der Waals surface area contributed by atoms with Crippen LogP contribution in [0.3, 0.4) is 0 Å². The van der Waals surface area contributed by atoms with Gasteiger partial charge in [0.25, 0.3) is 5.91 Å². The molecule has 110 valence electrons. The number of sulfone groups is 1. The van der Waals surface area contributed by atoms with Crippen LogP contribution in [0.2, 0.25) is 0 Å². The Morgan fingerprint density at radius 3 is 2.33 bits per heavy atom. The molecule has 7 heteroatoms. The lowest BCUT2D eigenvalue weighted by Gasteiger charge is -2.06. The number of pyridine rings is 1. The summed E-state index contributed by atoms with van der Waals surface area (Å²) in [7, 11) is -3.34. The van der Waals surface area contributed by atoms with Crippen LogP contribution < -0.4 is 5.32 Å². The van der Waals surface area contributed by atoms with Gasteiger partial charge in [-0.05, 0) is 29.8 Å². The van der Waals surface area contributed by atoms with E-state index in [1.54, 1.807) is 24.3 Å². The number of alkyl halides is 1. The van der Waals surface area contributed by atoms with Crippen molar-refractivity contribution in [2.45, 2.75) is 10.9 Å². The molecule has 5 nitrogen and oxygen atoms in total. The second-order valence-electron chi connectivity index (χ2n) is 4.44. The van der Waals surface area contributed by atoms with Gasteiger partial charge in [0.1, 0.15) is 0 Å². The first-order valence-corrected chi connectivity index (χ1v) is 8.45. The Labute approximate surface area is 127 Å². The molecular formula is C14H13ClN2O3S. The van der Waals surface area contributed by atoms with Crippen molar-refractivity contribution in [2.75, 3.05) is 11.6 Å². The molecule has 0 bridgehead atoms. The Balaban J connectivity index is 2.12. The van der Waals surface area contributed by atoms with Crippen molar-refractivity contribution in [3.05, 3.63) is 53.7 Å². The fourth-order valence-corrected chi connectivity index (χ4v) is 2.36. The quantitative estimate of drug-likeness (QED) is 0.877. The van der Waals surface area contributed by atoms with E-state index >= 15 is 0 Å². The Kier molecular flexibility index (Phi) is 4.59. The first-order chi connectivity index (χ1) is 9.90. The Morgan fingerprint density at radius 2 is 1.86 bits per heavy atom. The summed E-state index contributed by atoms with van der Waals surface area (Å²) in [4.78, 5) is 15.8. The Bertz CT molecular complexity index is 741. The van der Waals surface area contributed by atoms with Crippen molar-refractivity contribution in [3.8, 4) is 0 Å². The van der Waals surface area contributed by atoms with E-state index in [-0.39, 0.29) is 10.9 Å². The standard InChI is InChI=1S/C14H13ClN2O3S/c1-21(19,20)13-7-6-12(9-16-13)17-14(18)11-4-2-10(8-15)3-5-11/h2-7,9H,8H2,1H3,(H,17,18). The van der Waals surface area contributed by atoms with Crippen LogP contribution in [-0.2, 0) is 15.7 Å². The Hall–Kier alpha value is -1.92. The van der Waals surface area contributed by atoms with Crippen molar-refractivity contribution in [2.24, 2.45) is 0 Å². The van der Waals surface area contributed by atoms with Crippen LogP contribution >= 0.6 is 11.6 Å². The molecule has 2 rings (SSSR count). The number of halogens is 1. The molecule has 0 spiro atoms. The van der Waals surface area contributed by atoms with Gasteiger partial charge in [0, 0.05) is 17.7 Å². The number of hydrogen-bond acceptors (Lipinski definition) is 4. The normalized spacial score (nSPS) is 11.1. The minimum atomic E-state index is -3.34. The van der Waals surface area contributed by atoms with Crippen molar-refractivity contribution >= 4 is 33.0 Å². The SMILES string of the molecule is CS(=O)(=O)c1ccc(NC(=O)c2ccc(CCl)cc2)cn1. The number of rotatable bonds is 4. The summed E-state index contributed by atoms with van der Waals surface area (Å²) >= 11 is 5.68. The summed E-state index contributed by atoms with van der Waals surface area (Å²) in [5, 5.41) is 2.61. The molecule has 0 radical (unpaired) electrons. The van der Waals surface area contributed by atoms with E-state index in [0.29, 0.717) is 17.1 Å². The molecule has 0 aliphatic rings. The van der Waals surface area contributed by atoms with E-state index in [9.17, 15) is 13.2 Å². The van der Waals surface area contributed by atoms with Gasteiger partial charge in [-0.15, -0.1) is 11.6 Å². The number of hydrogen-bond donors (Lipinski definition) is 1. The van der Waals surface area contributed by atoms with Gasteiger partial charge in [0.2, 0.25) is 0 Å². The molecule has 1 aromatic carbocycles. The van der Waals surface area contributed by atoms with Crippen molar-refractivity contribution in [1.82, 2.24) is 4.98 Å². The predicted molar refractivity (Wildman–Crippen MR) is 81.3 cm³/mol. The topological polar surface area (TPSA) is 76.1 Å². The number of aromatic nitrogens is 1. The first-order valence-electron chi connectivity index (χ1n) is 6.02. The summed E-state index contributed by atoms with van der Waals surface area (Å²) in [6.45, 7) is 0. The zero-order valence-corrected chi connectivity index (χ0v) is 12.8. The van der Waals surface area contributed by atoms with E-state index in [1.165, 1.54) is 18.3 Å². The van der Waals surface area contributed by atoms with Crippen LogP contribution in [0.5, 0.6) is 0 Å². The molecular weight excluding hydrogens is 312 g/mol. The van der Waals surface area contributed by atoms with Crippen molar-refractivity contribution in [1.29, 1.82) is 0 Å². The second kappa shape index (κ2) is 6.24. The number of carbonyl (C=O) groups is 1. The second-order valence-corrected chi connectivity index (χ2v) is 6.67. The third-order valence-electron chi connectivity index (χ3n) is 2.74. The molecule has 0 saturated carbocycles. The number of amides is 1. The molecule has 2 aromatic rings. The van der Waals surface area contributed by atoms with Crippen LogP contribution in [0.4, 0.5) is 5.69 Å². The van der Waals surface area contributed by atoms with Crippen LogP contribution in [0.25, 0.3) is 0 Å². The highest BCUT2D eigenvalue weighted by Gasteiger charge is 2.10. The highest BCUT2D eigenvalue weighted by molar-refractivity contribution is 7.90. The van der Waals surface area contributed by atoms with Crippen molar-refractivity contribution < 1.29 is 13.2 Å². The Morgan fingerprint density at radius 1 is 1.19 bits per heavy atom. The summed E-state index contributed by atoms with van der Waals surface area (Å²) in [6.07, 6.45) is 2.38. The maximum absolute atomic E-state index is 12.0. The number of carbonyl (C=O) groups excluding carboxylic acids is 1. The van der Waals surface area contributed by atoms with E-state index < -0.39 is 9.84 Å². The zero-order chi connectivity index (χ0) is 15.5. The molecule has 0 saturated heterocycles. The van der Waals surface area contributed by atoms with E-state index in [1.807, 2.05) is 0 Å². The maximum Gasteiger partial charge on any atom is 0.255 e. The average molecular weight is 325 g/mol. The van der Waals surface area contributed by atoms with Gasteiger partial charge >= 0.3 is 0 Å². The monoisotopic (exact) mass is 324 g/mol. The van der Waals surface area contributed by atoms with Gasteiger partial charge in [0.15, 0.2) is 14.9 Å². The van der Waals surface area contributed by atoms with E-state index in [4.69, 9.17) is 11.6 Å². The molecule has 0 atom stereocenters. The minimum Gasteiger partial charge on any atom is -0.321 e. The molecule has 1 aromatic heterocycles. The van der Waals surface area contributed by atoms with Gasteiger partial charge in [-0.3, -0.25) is 4.79 Å². The third-order valence-corrected chi connectivity index (χ3v) is 4.05. The largest absolute Gasteiger partial charge is 0.321 e. The molecule has 1 N–H and O–H groups in total. The molecule has 0 aliphatic carbocycles. The summed E-state index contributed by atoms with van der Waals surface area (Å²) < 4.78 is 22.6. The maximum atomic E-state index is 12.0. The summed E-state index contributed by atoms with van der Waals surface area (Å²) in [5.74, 6) is 0.0868.